The molecule has 1 fully saturated rings. The number of guanidine groups is 1. The first-order chi connectivity index (χ1) is 9.28. The summed E-state index contributed by atoms with van der Waals surface area (Å²) in [5.74, 6) is 4.50. The second kappa shape index (κ2) is 9.33. The Morgan fingerprint density at radius 2 is 2.20 bits per heavy atom. The van der Waals surface area contributed by atoms with Gasteiger partial charge in [-0.15, -0.1) is 24.0 Å². The summed E-state index contributed by atoms with van der Waals surface area (Å²) >= 11 is 2.02. The molecule has 20 heavy (non-hydrogen) atoms. The third kappa shape index (κ3) is 5.78. The van der Waals surface area contributed by atoms with Gasteiger partial charge in [0.2, 0.25) is 0 Å². The average Bonchev–Trinajstić information content (AvgIpc) is 2.47. The molecule has 1 atom stereocenters. The van der Waals surface area contributed by atoms with E-state index in [4.69, 9.17) is 10.5 Å². The van der Waals surface area contributed by atoms with Gasteiger partial charge in [0.15, 0.2) is 5.96 Å². The van der Waals surface area contributed by atoms with E-state index in [0.717, 1.165) is 18.0 Å². The van der Waals surface area contributed by atoms with Gasteiger partial charge in [-0.3, -0.25) is 4.99 Å². The molecule has 0 bridgehead atoms. The quantitative estimate of drug-likeness (QED) is 0.457. The lowest BCUT2D eigenvalue weighted by Gasteiger charge is -2.19. The minimum atomic E-state index is 0. The van der Waals surface area contributed by atoms with Crippen molar-refractivity contribution in [3.63, 3.8) is 0 Å². The number of nitrogens with zero attached hydrogens (tertiary/aromatic N) is 1. The normalized spacial score (nSPS) is 19.1. The Bertz CT molecular complexity index is 419. The van der Waals surface area contributed by atoms with Crippen LogP contribution in [-0.4, -0.2) is 31.1 Å². The first kappa shape index (κ1) is 17.4. The van der Waals surface area contributed by atoms with Crippen molar-refractivity contribution in [1.82, 2.24) is 0 Å². The molecule has 4 nitrogen and oxygen atoms in total. The lowest BCUT2D eigenvalue weighted by molar-refractivity contribution is 0.415. The van der Waals surface area contributed by atoms with Gasteiger partial charge in [-0.2, -0.15) is 11.8 Å². The fraction of sp³-hybridized carbons (Fsp3) is 0.500. The van der Waals surface area contributed by atoms with Gasteiger partial charge >= 0.3 is 0 Å². The molecule has 3 N–H and O–H groups in total. The van der Waals surface area contributed by atoms with Gasteiger partial charge in [-0.25, -0.2) is 0 Å². The molecule has 0 amide bonds. The molecular weight excluding hydrogens is 385 g/mol. The van der Waals surface area contributed by atoms with E-state index in [9.17, 15) is 0 Å². The number of ether oxygens (including phenoxy) is 1. The predicted molar refractivity (Wildman–Crippen MR) is 98.6 cm³/mol. The second-order valence-electron chi connectivity index (χ2n) is 4.66. The summed E-state index contributed by atoms with van der Waals surface area (Å²) in [6.07, 6.45) is 2.57. The van der Waals surface area contributed by atoms with Crippen molar-refractivity contribution in [2.24, 2.45) is 16.6 Å². The number of methoxy groups -OCH3 is 1. The number of thioether (sulfide) groups is 1. The summed E-state index contributed by atoms with van der Waals surface area (Å²) in [4.78, 5) is 4.42. The molecule has 1 aliphatic rings. The maximum Gasteiger partial charge on any atom is 0.193 e. The zero-order valence-corrected chi connectivity index (χ0v) is 14.8. The highest BCUT2D eigenvalue weighted by Crippen LogP contribution is 2.22. The van der Waals surface area contributed by atoms with E-state index in [1.807, 2.05) is 36.0 Å². The van der Waals surface area contributed by atoms with Crippen molar-refractivity contribution in [1.29, 1.82) is 0 Å². The van der Waals surface area contributed by atoms with Crippen LogP contribution in [0.15, 0.2) is 29.3 Å². The maximum atomic E-state index is 5.89. The number of anilines is 1. The molecule has 1 aromatic carbocycles. The van der Waals surface area contributed by atoms with Crippen molar-refractivity contribution in [3.8, 4) is 5.75 Å². The van der Waals surface area contributed by atoms with Crippen LogP contribution in [0.25, 0.3) is 0 Å². The third-order valence-electron chi connectivity index (χ3n) is 3.14. The maximum absolute atomic E-state index is 5.89. The molecule has 1 heterocycles. The topological polar surface area (TPSA) is 59.6 Å². The smallest absolute Gasteiger partial charge is 0.193 e. The van der Waals surface area contributed by atoms with Crippen LogP contribution in [0.3, 0.4) is 0 Å². The summed E-state index contributed by atoms with van der Waals surface area (Å²) < 4.78 is 5.11. The number of hydrogen-bond acceptors (Lipinski definition) is 3. The molecule has 1 unspecified atom stereocenters. The van der Waals surface area contributed by atoms with E-state index in [0.29, 0.717) is 11.9 Å². The highest BCUT2D eigenvalue weighted by molar-refractivity contribution is 14.0. The Morgan fingerprint density at radius 1 is 1.45 bits per heavy atom. The number of nitrogens with two attached hydrogens (primary N) is 1. The molecule has 0 spiro atoms. The summed E-state index contributed by atoms with van der Waals surface area (Å²) in [5.41, 5.74) is 6.82. The van der Waals surface area contributed by atoms with Gasteiger partial charge in [0.05, 0.1) is 7.11 Å². The van der Waals surface area contributed by atoms with Crippen LogP contribution >= 0.6 is 35.7 Å². The molecule has 0 aromatic heterocycles. The fourth-order valence-corrected chi connectivity index (χ4v) is 3.18. The van der Waals surface area contributed by atoms with Crippen molar-refractivity contribution in [2.45, 2.75) is 12.8 Å². The summed E-state index contributed by atoms with van der Waals surface area (Å²) in [6, 6.07) is 7.65. The van der Waals surface area contributed by atoms with E-state index < -0.39 is 0 Å². The second-order valence-corrected chi connectivity index (χ2v) is 5.81. The van der Waals surface area contributed by atoms with Crippen LogP contribution in [0, 0.1) is 5.92 Å². The Balaban J connectivity index is 0.00000200. The van der Waals surface area contributed by atoms with E-state index in [1.165, 1.54) is 24.3 Å². The number of hydrogen-bond donors (Lipinski definition) is 2. The van der Waals surface area contributed by atoms with Gasteiger partial charge < -0.3 is 15.8 Å². The van der Waals surface area contributed by atoms with Crippen molar-refractivity contribution >= 4 is 47.4 Å². The van der Waals surface area contributed by atoms with Crippen LogP contribution in [0.1, 0.15) is 12.8 Å². The Labute approximate surface area is 142 Å². The van der Waals surface area contributed by atoms with E-state index in [2.05, 4.69) is 10.3 Å². The summed E-state index contributed by atoms with van der Waals surface area (Å²) in [7, 11) is 1.65. The number of rotatable bonds is 4. The summed E-state index contributed by atoms with van der Waals surface area (Å²) in [6.45, 7) is 0.821. The summed E-state index contributed by atoms with van der Waals surface area (Å²) in [5, 5.41) is 3.10. The number of aliphatic imine (C=N–C) groups is 1. The van der Waals surface area contributed by atoms with E-state index in [-0.39, 0.29) is 24.0 Å². The van der Waals surface area contributed by atoms with Gasteiger partial charge in [0.1, 0.15) is 5.75 Å². The van der Waals surface area contributed by atoms with Crippen LogP contribution in [-0.2, 0) is 0 Å². The highest BCUT2D eigenvalue weighted by Gasteiger charge is 2.12. The first-order valence-electron chi connectivity index (χ1n) is 6.56. The van der Waals surface area contributed by atoms with Gasteiger partial charge in [-0.05, 0) is 54.5 Å². The molecule has 2 rings (SSSR count). The Morgan fingerprint density at radius 3 is 2.80 bits per heavy atom. The lowest BCUT2D eigenvalue weighted by Crippen LogP contribution is -2.24. The average molecular weight is 407 g/mol. The van der Waals surface area contributed by atoms with Crippen LogP contribution in [0.2, 0.25) is 0 Å². The largest absolute Gasteiger partial charge is 0.497 e. The number of halogens is 1. The fourth-order valence-electron chi connectivity index (χ4n) is 2.04. The molecule has 0 aliphatic carbocycles. The zero-order valence-electron chi connectivity index (χ0n) is 11.7. The van der Waals surface area contributed by atoms with Crippen LogP contribution < -0.4 is 15.8 Å². The van der Waals surface area contributed by atoms with Gasteiger partial charge in [0, 0.05) is 12.2 Å². The molecular formula is C14H22IN3OS. The minimum Gasteiger partial charge on any atom is -0.497 e. The molecule has 1 saturated heterocycles. The zero-order chi connectivity index (χ0) is 13.5. The monoisotopic (exact) mass is 407 g/mol. The van der Waals surface area contributed by atoms with Crippen molar-refractivity contribution in [3.05, 3.63) is 24.3 Å². The van der Waals surface area contributed by atoms with Crippen LogP contribution in [0.4, 0.5) is 5.69 Å². The molecule has 112 valence electrons. The molecule has 1 aliphatic heterocycles. The van der Waals surface area contributed by atoms with Gasteiger partial charge in [-0.1, -0.05) is 0 Å². The third-order valence-corrected chi connectivity index (χ3v) is 4.42. The lowest BCUT2D eigenvalue weighted by atomic mass is 10.1. The Kier molecular flexibility index (Phi) is 8.13. The number of nitrogens with one attached hydrogen (secondary N) is 1. The molecule has 1 aromatic rings. The predicted octanol–water partition coefficient (Wildman–Crippen LogP) is 3.18. The SMILES string of the molecule is COc1ccc(NC(N)=NCC2CCCSC2)cc1.I. The van der Waals surface area contributed by atoms with E-state index >= 15 is 0 Å². The highest BCUT2D eigenvalue weighted by atomic mass is 127. The molecule has 0 radical (unpaired) electrons. The standard InChI is InChI=1S/C14H21N3OS.HI/c1-18-13-6-4-12(5-7-13)17-14(15)16-9-11-3-2-8-19-10-11;/h4-7,11H,2-3,8-10H2,1H3,(H3,15,16,17);1H. The van der Waals surface area contributed by atoms with Crippen molar-refractivity contribution in [2.75, 3.05) is 30.5 Å². The minimum absolute atomic E-state index is 0. The Hall–Kier alpha value is -0.630. The van der Waals surface area contributed by atoms with Gasteiger partial charge in [0.25, 0.3) is 0 Å². The first-order valence-corrected chi connectivity index (χ1v) is 7.72. The molecule has 6 heteroatoms. The number of benzene rings is 1. The molecule has 0 saturated carbocycles. The van der Waals surface area contributed by atoms with Crippen molar-refractivity contribution < 1.29 is 4.74 Å². The van der Waals surface area contributed by atoms with Crippen LogP contribution in [0.5, 0.6) is 5.75 Å². The van der Waals surface area contributed by atoms with E-state index in [1.54, 1.807) is 7.11 Å².